The van der Waals surface area contributed by atoms with E-state index >= 15 is 0 Å². The second kappa shape index (κ2) is 6.51. The van der Waals surface area contributed by atoms with Gasteiger partial charge in [0, 0.05) is 49.8 Å². The van der Waals surface area contributed by atoms with E-state index < -0.39 is 0 Å². The van der Waals surface area contributed by atoms with Crippen LogP contribution in [0, 0.1) is 24.6 Å². The molecule has 4 rings (SSSR count). The van der Waals surface area contributed by atoms with Crippen molar-refractivity contribution < 1.29 is 9.18 Å². The van der Waals surface area contributed by atoms with E-state index in [0.717, 1.165) is 18.9 Å². The molecule has 2 aliphatic rings. The number of likely N-dealkylation sites (tertiary alicyclic amines) is 1. The summed E-state index contributed by atoms with van der Waals surface area (Å²) in [6.45, 7) is 4.73. The van der Waals surface area contributed by atoms with Gasteiger partial charge < -0.3 is 9.80 Å². The molecule has 0 spiro atoms. The van der Waals surface area contributed by atoms with Crippen LogP contribution in [0.25, 0.3) is 0 Å². The number of amides is 1. The molecule has 8 heteroatoms. The van der Waals surface area contributed by atoms with Gasteiger partial charge in [-0.15, -0.1) is 0 Å². The molecule has 0 aromatic carbocycles. The van der Waals surface area contributed by atoms with E-state index in [4.69, 9.17) is 0 Å². The fraction of sp³-hybridized carbons (Fsp3) is 0.444. The molecule has 0 bridgehead atoms. The zero-order valence-corrected chi connectivity index (χ0v) is 14.5. The highest BCUT2D eigenvalue weighted by Gasteiger charge is 2.41. The molecule has 136 valence electrons. The summed E-state index contributed by atoms with van der Waals surface area (Å²) in [5.41, 5.74) is 0.433. The van der Waals surface area contributed by atoms with Crippen LogP contribution in [0.4, 0.5) is 10.2 Å². The number of carbonyl (C=O) groups is 1. The van der Waals surface area contributed by atoms with Gasteiger partial charge in [0.1, 0.15) is 18.2 Å². The molecule has 4 heterocycles. The largest absolute Gasteiger partial charge is 0.356 e. The fourth-order valence-electron chi connectivity index (χ4n) is 3.82. The van der Waals surface area contributed by atoms with Gasteiger partial charge in [0.15, 0.2) is 0 Å². The SMILES string of the molecule is Cc1cc(=O)n(CC(=O)N2CC3CN(c4ccc(F)cn4)CC3C2)cn1. The molecular formula is C18H20FN5O2. The molecule has 2 aromatic rings. The summed E-state index contributed by atoms with van der Waals surface area (Å²) in [5, 5.41) is 0. The number of hydrogen-bond donors (Lipinski definition) is 0. The molecule has 2 saturated heterocycles. The summed E-state index contributed by atoms with van der Waals surface area (Å²) in [6.07, 6.45) is 2.65. The van der Waals surface area contributed by atoms with E-state index in [1.165, 1.54) is 29.2 Å². The van der Waals surface area contributed by atoms with E-state index in [1.54, 1.807) is 13.0 Å². The second-order valence-corrected chi connectivity index (χ2v) is 7.05. The lowest BCUT2D eigenvalue weighted by Gasteiger charge is -2.22. The third-order valence-corrected chi connectivity index (χ3v) is 5.20. The third kappa shape index (κ3) is 3.18. The molecule has 26 heavy (non-hydrogen) atoms. The number of fused-ring (bicyclic) bond motifs is 1. The Labute approximate surface area is 150 Å². The van der Waals surface area contributed by atoms with E-state index in [2.05, 4.69) is 14.9 Å². The summed E-state index contributed by atoms with van der Waals surface area (Å²) in [6, 6.07) is 4.54. The average molecular weight is 357 g/mol. The van der Waals surface area contributed by atoms with E-state index in [1.807, 2.05) is 4.90 Å². The third-order valence-electron chi connectivity index (χ3n) is 5.20. The molecule has 1 amide bonds. The number of carbonyl (C=O) groups excluding carboxylic acids is 1. The van der Waals surface area contributed by atoms with Gasteiger partial charge in [0.25, 0.3) is 5.56 Å². The number of anilines is 1. The first-order valence-electron chi connectivity index (χ1n) is 8.67. The molecule has 0 aliphatic carbocycles. The van der Waals surface area contributed by atoms with Crippen LogP contribution in [0.5, 0.6) is 0 Å². The van der Waals surface area contributed by atoms with Gasteiger partial charge in [-0.25, -0.2) is 14.4 Å². The Morgan fingerprint density at radius 1 is 1.19 bits per heavy atom. The maximum Gasteiger partial charge on any atom is 0.253 e. The van der Waals surface area contributed by atoms with Gasteiger partial charge in [-0.05, 0) is 19.1 Å². The topological polar surface area (TPSA) is 71.3 Å². The minimum absolute atomic E-state index is 0.0226. The van der Waals surface area contributed by atoms with Gasteiger partial charge in [-0.1, -0.05) is 0 Å². The molecule has 2 aliphatic heterocycles. The highest BCUT2D eigenvalue weighted by molar-refractivity contribution is 5.76. The zero-order valence-electron chi connectivity index (χ0n) is 14.5. The normalized spacial score (nSPS) is 21.9. The molecule has 0 radical (unpaired) electrons. The molecule has 0 N–H and O–H groups in total. The van der Waals surface area contributed by atoms with Crippen molar-refractivity contribution in [2.45, 2.75) is 13.5 Å². The molecule has 2 fully saturated rings. The minimum Gasteiger partial charge on any atom is -0.356 e. The van der Waals surface area contributed by atoms with Crippen LogP contribution in [-0.2, 0) is 11.3 Å². The first-order chi connectivity index (χ1) is 12.5. The molecule has 2 unspecified atom stereocenters. The van der Waals surface area contributed by atoms with Gasteiger partial charge in [0.05, 0.1) is 12.5 Å². The fourth-order valence-corrected chi connectivity index (χ4v) is 3.82. The van der Waals surface area contributed by atoms with E-state index in [-0.39, 0.29) is 23.8 Å². The van der Waals surface area contributed by atoms with Gasteiger partial charge >= 0.3 is 0 Å². The minimum atomic E-state index is -0.342. The maximum absolute atomic E-state index is 13.0. The van der Waals surface area contributed by atoms with Gasteiger partial charge in [-0.2, -0.15) is 0 Å². The smallest absolute Gasteiger partial charge is 0.253 e. The van der Waals surface area contributed by atoms with Crippen LogP contribution in [0.1, 0.15) is 5.69 Å². The Kier molecular flexibility index (Phi) is 4.18. The van der Waals surface area contributed by atoms with E-state index in [0.29, 0.717) is 30.6 Å². The highest BCUT2D eigenvalue weighted by Crippen LogP contribution is 2.33. The van der Waals surface area contributed by atoms with Crippen LogP contribution >= 0.6 is 0 Å². The van der Waals surface area contributed by atoms with E-state index in [9.17, 15) is 14.0 Å². The van der Waals surface area contributed by atoms with Crippen LogP contribution in [-0.4, -0.2) is 51.5 Å². The van der Waals surface area contributed by atoms with Crippen molar-refractivity contribution in [3.63, 3.8) is 0 Å². The Balaban J connectivity index is 1.37. The summed E-state index contributed by atoms with van der Waals surface area (Å²) in [7, 11) is 0. The number of hydrogen-bond acceptors (Lipinski definition) is 5. The molecule has 2 aromatic heterocycles. The van der Waals surface area contributed by atoms with Crippen molar-refractivity contribution in [3.8, 4) is 0 Å². The molecule has 0 saturated carbocycles. The first kappa shape index (κ1) is 16.7. The summed E-state index contributed by atoms with van der Waals surface area (Å²) in [5.74, 6) is 1.12. The van der Waals surface area contributed by atoms with Crippen molar-refractivity contribution in [2.75, 3.05) is 31.1 Å². The zero-order chi connectivity index (χ0) is 18.3. The predicted molar refractivity (Wildman–Crippen MR) is 93.2 cm³/mol. The van der Waals surface area contributed by atoms with Crippen LogP contribution in [0.2, 0.25) is 0 Å². The van der Waals surface area contributed by atoms with Crippen LogP contribution in [0.15, 0.2) is 35.5 Å². The second-order valence-electron chi connectivity index (χ2n) is 7.05. The number of aromatic nitrogens is 3. The summed E-state index contributed by atoms with van der Waals surface area (Å²) < 4.78 is 14.4. The Bertz CT molecular complexity index is 868. The van der Waals surface area contributed by atoms with Crippen molar-refractivity contribution in [2.24, 2.45) is 11.8 Å². The molecule has 7 nitrogen and oxygen atoms in total. The molecule has 2 atom stereocenters. The first-order valence-corrected chi connectivity index (χ1v) is 8.67. The average Bonchev–Trinajstić information content (AvgIpc) is 3.17. The Hall–Kier alpha value is -2.77. The lowest BCUT2D eigenvalue weighted by atomic mass is 10.0. The lowest BCUT2D eigenvalue weighted by Crippen LogP contribution is -2.37. The van der Waals surface area contributed by atoms with Gasteiger partial charge in [-0.3, -0.25) is 14.2 Å². The quantitative estimate of drug-likeness (QED) is 0.808. The Morgan fingerprint density at radius 2 is 1.92 bits per heavy atom. The van der Waals surface area contributed by atoms with Crippen molar-refractivity contribution in [3.05, 3.63) is 52.6 Å². The summed E-state index contributed by atoms with van der Waals surface area (Å²) >= 11 is 0. The van der Waals surface area contributed by atoms with Crippen molar-refractivity contribution >= 4 is 11.7 Å². The monoisotopic (exact) mass is 357 g/mol. The number of halogens is 1. The maximum atomic E-state index is 13.0. The summed E-state index contributed by atoms with van der Waals surface area (Å²) in [4.78, 5) is 36.7. The van der Waals surface area contributed by atoms with Crippen LogP contribution in [0.3, 0.4) is 0 Å². The van der Waals surface area contributed by atoms with Crippen molar-refractivity contribution in [1.29, 1.82) is 0 Å². The number of aryl methyl sites for hydroxylation is 1. The Morgan fingerprint density at radius 3 is 2.54 bits per heavy atom. The van der Waals surface area contributed by atoms with Crippen molar-refractivity contribution in [1.82, 2.24) is 19.4 Å². The predicted octanol–water partition coefficient (Wildman–Crippen LogP) is 0.681. The van der Waals surface area contributed by atoms with Gasteiger partial charge in [0.2, 0.25) is 5.91 Å². The number of nitrogens with zero attached hydrogens (tertiary/aromatic N) is 5. The number of rotatable bonds is 3. The number of pyridine rings is 1. The molecular weight excluding hydrogens is 337 g/mol. The standard InChI is InChI=1S/C18H20FN5O2/c1-12-4-17(25)24(11-21-12)10-18(26)23-8-13-6-22(7-14(13)9-23)16-3-2-15(19)5-20-16/h2-5,11,13-14H,6-10H2,1H3. The van der Waals surface area contributed by atoms with Crippen LogP contribution < -0.4 is 10.5 Å². The highest BCUT2D eigenvalue weighted by atomic mass is 19.1. The lowest BCUT2D eigenvalue weighted by molar-refractivity contribution is -0.131.